The van der Waals surface area contributed by atoms with Crippen molar-refractivity contribution in [2.45, 2.75) is 69.1 Å². The SMILES string of the molecule is NCCCC[C@@H]1NC(=O)[C@@H](Cc2ccccc2)NC(=O)[C@H](CC(=O)O)NC(=O)CNC(=O)[C@@H](CCCN=C(N)N)NC1=O. The Morgan fingerprint density at radius 1 is 0.791 bits per heavy atom. The fourth-order valence-electron chi connectivity index (χ4n) is 4.33. The molecule has 1 aromatic rings. The van der Waals surface area contributed by atoms with Crippen LogP contribution in [0.5, 0.6) is 0 Å². The molecule has 0 aliphatic carbocycles. The molecule has 0 unspecified atom stereocenters. The van der Waals surface area contributed by atoms with E-state index in [-0.39, 0.29) is 31.8 Å². The summed E-state index contributed by atoms with van der Waals surface area (Å²) in [5, 5.41) is 21.9. The lowest BCUT2D eigenvalue weighted by Gasteiger charge is -2.26. The normalized spacial score (nSPS) is 22.0. The average molecular weight is 604 g/mol. The molecule has 43 heavy (non-hydrogen) atoms. The van der Waals surface area contributed by atoms with Crippen LogP contribution < -0.4 is 43.8 Å². The van der Waals surface area contributed by atoms with Gasteiger partial charge in [-0.2, -0.15) is 0 Å². The maximum absolute atomic E-state index is 13.6. The van der Waals surface area contributed by atoms with E-state index >= 15 is 0 Å². The highest BCUT2D eigenvalue weighted by molar-refractivity contribution is 5.98. The van der Waals surface area contributed by atoms with Crippen molar-refractivity contribution in [3.63, 3.8) is 0 Å². The average Bonchev–Trinajstić information content (AvgIpc) is 2.95. The molecule has 1 saturated heterocycles. The number of guanidine groups is 1. The van der Waals surface area contributed by atoms with Gasteiger partial charge in [0.15, 0.2) is 5.96 Å². The third kappa shape index (κ3) is 12.8. The zero-order chi connectivity index (χ0) is 31.8. The Morgan fingerprint density at radius 2 is 1.37 bits per heavy atom. The van der Waals surface area contributed by atoms with Crippen molar-refractivity contribution >= 4 is 41.5 Å². The summed E-state index contributed by atoms with van der Waals surface area (Å²) in [6.07, 6.45) is 0.854. The summed E-state index contributed by atoms with van der Waals surface area (Å²) in [6.45, 7) is -0.0746. The molecule has 1 aliphatic rings. The largest absolute Gasteiger partial charge is 0.481 e. The van der Waals surface area contributed by atoms with E-state index in [1.54, 1.807) is 30.3 Å². The van der Waals surface area contributed by atoms with Crippen molar-refractivity contribution in [3.8, 4) is 0 Å². The van der Waals surface area contributed by atoms with Crippen LogP contribution in [-0.2, 0) is 35.2 Å². The van der Waals surface area contributed by atoms with E-state index in [0.29, 0.717) is 31.4 Å². The molecule has 1 fully saturated rings. The molecule has 0 spiro atoms. The number of nitrogens with zero attached hydrogens (tertiary/aromatic N) is 1. The Labute approximate surface area is 249 Å². The minimum absolute atomic E-state index is 0.0107. The van der Waals surface area contributed by atoms with Crippen LogP contribution in [0.4, 0.5) is 0 Å². The zero-order valence-corrected chi connectivity index (χ0v) is 23.8. The predicted molar refractivity (Wildman–Crippen MR) is 156 cm³/mol. The Balaban J connectivity index is 2.44. The number of aliphatic carboxylic acids is 1. The second kappa shape index (κ2) is 17.9. The highest BCUT2D eigenvalue weighted by Gasteiger charge is 2.33. The van der Waals surface area contributed by atoms with Gasteiger partial charge in [-0.25, -0.2) is 0 Å². The van der Waals surface area contributed by atoms with Crippen LogP contribution in [0.2, 0.25) is 0 Å². The van der Waals surface area contributed by atoms with E-state index in [1.165, 1.54) is 0 Å². The number of carboxylic acids is 1. The number of rotatable bonds is 12. The zero-order valence-electron chi connectivity index (χ0n) is 23.8. The van der Waals surface area contributed by atoms with Gasteiger partial charge in [-0.1, -0.05) is 30.3 Å². The van der Waals surface area contributed by atoms with Crippen molar-refractivity contribution in [2.75, 3.05) is 19.6 Å². The number of carbonyl (C=O) groups excluding carboxylic acids is 5. The van der Waals surface area contributed by atoms with Gasteiger partial charge in [-0.3, -0.25) is 33.8 Å². The first-order valence-electron chi connectivity index (χ1n) is 14.0. The first kappa shape index (κ1) is 34.5. The molecule has 12 N–H and O–H groups in total. The number of benzene rings is 1. The summed E-state index contributed by atoms with van der Waals surface area (Å²) >= 11 is 0. The van der Waals surface area contributed by atoms with Crippen LogP contribution in [0.25, 0.3) is 0 Å². The number of hydrogen-bond acceptors (Lipinski definition) is 8. The lowest BCUT2D eigenvalue weighted by molar-refractivity contribution is -0.141. The van der Waals surface area contributed by atoms with Crippen LogP contribution in [0, 0.1) is 0 Å². The number of hydrogen-bond donors (Lipinski definition) is 9. The number of nitrogens with one attached hydrogen (secondary N) is 5. The highest BCUT2D eigenvalue weighted by Crippen LogP contribution is 2.09. The topological polar surface area (TPSA) is 273 Å². The molecule has 0 bridgehead atoms. The van der Waals surface area contributed by atoms with E-state index in [4.69, 9.17) is 17.2 Å². The van der Waals surface area contributed by atoms with Crippen molar-refractivity contribution in [2.24, 2.45) is 22.2 Å². The molecule has 1 aliphatic heterocycles. The molecule has 0 saturated carbocycles. The van der Waals surface area contributed by atoms with E-state index in [0.717, 1.165) is 0 Å². The Kier molecular flexibility index (Phi) is 14.4. The summed E-state index contributed by atoms with van der Waals surface area (Å²) < 4.78 is 0. The van der Waals surface area contributed by atoms with Crippen molar-refractivity contribution < 1.29 is 33.9 Å². The third-order valence-electron chi connectivity index (χ3n) is 6.53. The molecule has 236 valence electrons. The number of carboxylic acid groups (broad SMARTS) is 1. The monoisotopic (exact) mass is 603 g/mol. The molecular formula is C27H41N9O7. The van der Waals surface area contributed by atoms with Gasteiger partial charge in [0.2, 0.25) is 29.5 Å². The molecule has 0 radical (unpaired) electrons. The van der Waals surface area contributed by atoms with Gasteiger partial charge in [0.1, 0.15) is 24.2 Å². The Hall–Kier alpha value is -4.73. The minimum Gasteiger partial charge on any atom is -0.481 e. The summed E-state index contributed by atoms with van der Waals surface area (Å²) in [5.41, 5.74) is 17.0. The lowest BCUT2D eigenvalue weighted by Crippen LogP contribution is -2.58. The van der Waals surface area contributed by atoms with Crippen molar-refractivity contribution in [1.82, 2.24) is 26.6 Å². The number of amides is 5. The van der Waals surface area contributed by atoms with Crippen LogP contribution in [0.1, 0.15) is 44.1 Å². The maximum atomic E-state index is 13.6. The smallest absolute Gasteiger partial charge is 0.305 e. The molecule has 16 nitrogen and oxygen atoms in total. The molecule has 16 heteroatoms. The molecule has 4 atom stereocenters. The number of carbonyl (C=O) groups is 6. The van der Waals surface area contributed by atoms with E-state index in [1.807, 2.05) is 0 Å². The highest BCUT2D eigenvalue weighted by atomic mass is 16.4. The number of unbranched alkanes of at least 4 members (excludes halogenated alkanes) is 1. The molecule has 1 aromatic carbocycles. The van der Waals surface area contributed by atoms with Gasteiger partial charge in [-0.05, 0) is 44.2 Å². The second-order valence-corrected chi connectivity index (χ2v) is 10.0. The van der Waals surface area contributed by atoms with E-state index < -0.39 is 72.6 Å². The van der Waals surface area contributed by atoms with Gasteiger partial charge in [0.25, 0.3) is 0 Å². The van der Waals surface area contributed by atoms with E-state index in [2.05, 4.69) is 31.6 Å². The summed E-state index contributed by atoms with van der Waals surface area (Å²) in [4.78, 5) is 81.1. The van der Waals surface area contributed by atoms with Crippen molar-refractivity contribution in [3.05, 3.63) is 35.9 Å². The van der Waals surface area contributed by atoms with Gasteiger partial charge in [0.05, 0.1) is 13.0 Å². The lowest BCUT2D eigenvalue weighted by atomic mass is 10.0. The molecule has 0 aromatic heterocycles. The Morgan fingerprint density at radius 3 is 2.00 bits per heavy atom. The first-order chi connectivity index (χ1) is 20.5. The summed E-state index contributed by atoms with van der Waals surface area (Å²) in [7, 11) is 0. The quantitative estimate of drug-likeness (QED) is 0.0661. The Bertz CT molecular complexity index is 1160. The van der Waals surface area contributed by atoms with Crippen LogP contribution in [0.15, 0.2) is 35.3 Å². The molecule has 5 amide bonds. The molecule has 2 rings (SSSR count). The summed E-state index contributed by atoms with van der Waals surface area (Å²) in [5.74, 6) is -5.36. The van der Waals surface area contributed by atoms with Gasteiger partial charge >= 0.3 is 5.97 Å². The fourth-order valence-corrected chi connectivity index (χ4v) is 4.33. The predicted octanol–water partition coefficient (Wildman–Crippen LogP) is -3.04. The number of aliphatic imine (C=N–C) groups is 1. The van der Waals surface area contributed by atoms with E-state index in [9.17, 15) is 33.9 Å². The van der Waals surface area contributed by atoms with Crippen molar-refractivity contribution in [1.29, 1.82) is 0 Å². The van der Waals surface area contributed by atoms with Crippen LogP contribution in [-0.4, -0.2) is 90.4 Å². The van der Waals surface area contributed by atoms with Crippen LogP contribution >= 0.6 is 0 Å². The maximum Gasteiger partial charge on any atom is 0.305 e. The van der Waals surface area contributed by atoms with Gasteiger partial charge < -0.3 is 48.9 Å². The molecular weight excluding hydrogens is 562 g/mol. The number of nitrogens with two attached hydrogens (primary N) is 3. The standard InChI is InChI=1S/C27H41N9O7/c28-11-5-4-9-18-24(41)34-17(10-6-12-31-27(29)30)23(40)32-15-21(37)33-20(14-22(38)39)26(43)36-19(25(42)35-18)13-16-7-2-1-3-8-16/h1-3,7-8,17-20H,4-6,9-15,28H2,(H,32,40)(H,33,37)(H,34,41)(H,35,42)(H,36,43)(H,38,39)(H4,29,30,31)/t17-,18+,19-,20+/m1/s1. The molecule has 1 heterocycles. The van der Waals surface area contributed by atoms with Crippen LogP contribution in [0.3, 0.4) is 0 Å². The van der Waals surface area contributed by atoms with Gasteiger partial charge in [-0.15, -0.1) is 0 Å². The third-order valence-corrected chi connectivity index (χ3v) is 6.53. The fraction of sp³-hybridized carbons (Fsp3) is 0.519. The second-order valence-electron chi connectivity index (χ2n) is 10.0. The summed E-state index contributed by atoms with van der Waals surface area (Å²) in [6, 6.07) is 3.75. The first-order valence-corrected chi connectivity index (χ1v) is 14.0. The van der Waals surface area contributed by atoms with Gasteiger partial charge in [0, 0.05) is 13.0 Å². The minimum atomic E-state index is -1.55.